The lowest BCUT2D eigenvalue weighted by molar-refractivity contribution is -0.140. The first-order chi connectivity index (χ1) is 9.97. The van der Waals surface area contributed by atoms with Gasteiger partial charge in [-0.05, 0) is 12.1 Å². The Labute approximate surface area is 127 Å². The highest BCUT2D eigenvalue weighted by atomic mass is 32.2. The molecule has 0 saturated carbocycles. The number of carboxylic acids is 1. The molecule has 1 unspecified atom stereocenters. The molecular weight excluding hydrogens is 294 g/mol. The van der Waals surface area contributed by atoms with Crippen LogP contribution >= 0.6 is 0 Å². The van der Waals surface area contributed by atoms with E-state index in [1.807, 2.05) is 13.8 Å². The van der Waals surface area contributed by atoms with E-state index >= 15 is 0 Å². The molecule has 118 valence electrons. The Kier molecular flexibility index (Phi) is 9.03. The van der Waals surface area contributed by atoms with Crippen LogP contribution in [-0.2, 0) is 20.5 Å². The van der Waals surface area contributed by atoms with Gasteiger partial charge in [0.15, 0.2) is 0 Å². The van der Waals surface area contributed by atoms with Crippen molar-refractivity contribution in [2.75, 3.05) is 24.2 Å². The molecule has 6 nitrogen and oxygen atoms in total. The maximum absolute atomic E-state index is 12.0. The summed E-state index contributed by atoms with van der Waals surface area (Å²) in [6, 6.07) is 6.26. The summed E-state index contributed by atoms with van der Waals surface area (Å²) in [5.41, 5.74) is 0.412. The Bertz CT molecular complexity index is 504. The summed E-state index contributed by atoms with van der Waals surface area (Å²) < 4.78 is 17.8. The fourth-order valence-electron chi connectivity index (χ4n) is 1.45. The minimum atomic E-state index is -1.50. The molecule has 21 heavy (non-hydrogen) atoms. The highest BCUT2D eigenvalue weighted by Crippen LogP contribution is 2.20. The van der Waals surface area contributed by atoms with E-state index in [-0.39, 0.29) is 17.7 Å². The second-order valence-corrected chi connectivity index (χ2v) is 5.27. The molecule has 1 aromatic rings. The Balaban J connectivity index is 0.00000191. The van der Waals surface area contributed by atoms with Gasteiger partial charge in [0.05, 0.1) is 30.5 Å². The van der Waals surface area contributed by atoms with Gasteiger partial charge in [0, 0.05) is 7.05 Å². The summed E-state index contributed by atoms with van der Waals surface area (Å²) in [7, 11) is 1.29. The smallest absolute Gasteiger partial charge is 0.337 e. The van der Waals surface area contributed by atoms with Crippen LogP contribution in [0, 0.1) is 0 Å². The molecule has 1 rings (SSSR count). The van der Waals surface area contributed by atoms with Gasteiger partial charge in [-0.15, -0.1) is 0 Å². The van der Waals surface area contributed by atoms with Crippen LogP contribution in [0.4, 0.5) is 5.69 Å². The van der Waals surface area contributed by atoms with E-state index in [9.17, 15) is 13.8 Å². The van der Waals surface area contributed by atoms with Crippen LogP contribution in [0.2, 0.25) is 0 Å². The zero-order valence-corrected chi connectivity index (χ0v) is 13.5. The molecule has 0 amide bonds. The first-order valence-electron chi connectivity index (χ1n) is 6.48. The van der Waals surface area contributed by atoms with Gasteiger partial charge in [0.25, 0.3) is 0 Å². The predicted molar refractivity (Wildman–Crippen MR) is 82.8 cm³/mol. The molecule has 0 bridgehead atoms. The van der Waals surface area contributed by atoms with Crippen LogP contribution in [0.5, 0.6) is 0 Å². The topological polar surface area (TPSA) is 83.9 Å². The molecule has 0 aliphatic rings. The van der Waals surface area contributed by atoms with Crippen molar-refractivity contribution in [2.24, 2.45) is 0 Å². The number of anilines is 1. The van der Waals surface area contributed by atoms with Gasteiger partial charge in [0.2, 0.25) is 0 Å². The number of carboxylic acid groups (broad SMARTS) is 1. The number of nitrogens with zero attached hydrogens (tertiary/aromatic N) is 1. The molecule has 1 atom stereocenters. The van der Waals surface area contributed by atoms with E-state index in [2.05, 4.69) is 4.74 Å². The number of benzene rings is 1. The van der Waals surface area contributed by atoms with E-state index in [1.165, 1.54) is 24.5 Å². The van der Waals surface area contributed by atoms with Gasteiger partial charge in [-0.1, -0.05) is 26.0 Å². The monoisotopic (exact) mass is 315 g/mol. The highest BCUT2D eigenvalue weighted by molar-refractivity contribution is 7.86. The number of carbonyl (C=O) groups is 2. The Morgan fingerprint density at radius 3 is 2.38 bits per heavy atom. The van der Waals surface area contributed by atoms with Crippen LogP contribution in [-0.4, -0.2) is 41.2 Å². The first-order valence-corrected chi connectivity index (χ1v) is 7.76. The fourth-order valence-corrected chi connectivity index (χ4v) is 2.44. The van der Waals surface area contributed by atoms with Gasteiger partial charge in [-0.25, -0.2) is 9.00 Å². The van der Waals surface area contributed by atoms with E-state index < -0.39 is 22.9 Å². The third-order valence-corrected chi connectivity index (χ3v) is 3.85. The number of methoxy groups -OCH3 is 1. The number of esters is 1. The average Bonchev–Trinajstić information content (AvgIpc) is 2.53. The van der Waals surface area contributed by atoms with E-state index in [4.69, 9.17) is 5.11 Å². The lowest BCUT2D eigenvalue weighted by Gasteiger charge is -2.19. The normalized spacial score (nSPS) is 10.9. The lowest BCUT2D eigenvalue weighted by atomic mass is 10.2. The molecule has 0 radical (unpaired) electrons. The van der Waals surface area contributed by atoms with Crippen molar-refractivity contribution in [1.82, 2.24) is 0 Å². The van der Waals surface area contributed by atoms with Crippen LogP contribution < -0.4 is 4.31 Å². The number of aromatic carboxylic acids is 1. The van der Waals surface area contributed by atoms with Crippen molar-refractivity contribution in [3.05, 3.63) is 29.8 Å². The molecule has 0 aromatic heterocycles. The standard InChI is InChI=1S/C12H15NO5S.C2H6/c1-13(19(17)8-7-11(14)18-2)10-6-4-3-5-9(10)12(15)16;1-2/h3-6H,7-8H2,1-2H3,(H,15,16);1-2H3. The number of carbonyl (C=O) groups excluding carboxylic acids is 1. The highest BCUT2D eigenvalue weighted by Gasteiger charge is 2.17. The quantitative estimate of drug-likeness (QED) is 0.812. The van der Waals surface area contributed by atoms with Crippen molar-refractivity contribution in [3.8, 4) is 0 Å². The maximum Gasteiger partial charge on any atom is 0.337 e. The number of hydrogen-bond acceptors (Lipinski definition) is 4. The Hall–Kier alpha value is -1.89. The van der Waals surface area contributed by atoms with E-state index in [0.717, 1.165) is 0 Å². The molecule has 0 fully saturated rings. The van der Waals surface area contributed by atoms with Gasteiger partial charge < -0.3 is 9.84 Å². The fraction of sp³-hybridized carbons (Fsp3) is 0.429. The molecule has 7 heteroatoms. The van der Waals surface area contributed by atoms with Gasteiger partial charge >= 0.3 is 11.9 Å². The summed E-state index contributed by atoms with van der Waals surface area (Å²) in [5, 5.41) is 9.05. The predicted octanol–water partition coefficient (Wildman–Crippen LogP) is 2.07. The number of rotatable bonds is 6. The summed E-state index contributed by atoms with van der Waals surface area (Å²) in [6.07, 6.45) is 0.0166. The average molecular weight is 315 g/mol. The largest absolute Gasteiger partial charge is 0.478 e. The zero-order chi connectivity index (χ0) is 16.4. The number of hydrogen-bond donors (Lipinski definition) is 1. The van der Waals surface area contributed by atoms with Crippen molar-refractivity contribution in [1.29, 1.82) is 0 Å². The summed E-state index contributed by atoms with van der Waals surface area (Å²) in [5.74, 6) is -1.46. The minimum absolute atomic E-state index is 0.0166. The van der Waals surface area contributed by atoms with Crippen LogP contribution in [0.15, 0.2) is 24.3 Å². The molecule has 0 aliphatic carbocycles. The summed E-state index contributed by atoms with van der Waals surface area (Å²) >= 11 is 0. The summed E-state index contributed by atoms with van der Waals surface area (Å²) in [6.45, 7) is 4.00. The lowest BCUT2D eigenvalue weighted by Crippen LogP contribution is -2.25. The van der Waals surface area contributed by atoms with Crippen molar-refractivity contribution < 1.29 is 23.6 Å². The molecule has 0 saturated heterocycles. The molecule has 0 spiro atoms. The third kappa shape index (κ3) is 5.95. The van der Waals surface area contributed by atoms with Crippen molar-refractivity contribution in [3.63, 3.8) is 0 Å². The number of ether oxygens (including phenoxy) is 1. The SMILES string of the molecule is CC.COC(=O)CCS(=O)N(C)c1ccccc1C(=O)O. The van der Waals surface area contributed by atoms with E-state index in [1.54, 1.807) is 18.2 Å². The van der Waals surface area contributed by atoms with Gasteiger partial charge in [-0.2, -0.15) is 0 Å². The zero-order valence-electron chi connectivity index (χ0n) is 12.7. The molecule has 1 N–H and O–H groups in total. The minimum Gasteiger partial charge on any atom is -0.478 e. The molecule has 0 heterocycles. The molecular formula is C14H21NO5S. The van der Waals surface area contributed by atoms with Crippen LogP contribution in [0.3, 0.4) is 0 Å². The second kappa shape index (κ2) is 9.93. The second-order valence-electron chi connectivity index (χ2n) is 3.67. The molecule has 1 aromatic carbocycles. The van der Waals surface area contributed by atoms with Crippen molar-refractivity contribution >= 4 is 28.6 Å². The number of para-hydroxylation sites is 1. The van der Waals surface area contributed by atoms with Crippen molar-refractivity contribution in [2.45, 2.75) is 20.3 Å². The maximum atomic E-state index is 12.0. The Morgan fingerprint density at radius 2 is 1.86 bits per heavy atom. The Morgan fingerprint density at radius 1 is 1.29 bits per heavy atom. The van der Waals surface area contributed by atoms with E-state index in [0.29, 0.717) is 5.69 Å². The van der Waals surface area contributed by atoms with Crippen LogP contribution in [0.1, 0.15) is 30.6 Å². The summed E-state index contributed by atoms with van der Waals surface area (Å²) in [4.78, 5) is 22.0. The first kappa shape index (κ1) is 19.1. The third-order valence-electron chi connectivity index (χ3n) is 2.49. The van der Waals surface area contributed by atoms with Crippen LogP contribution in [0.25, 0.3) is 0 Å². The van der Waals surface area contributed by atoms with Gasteiger partial charge in [-0.3, -0.25) is 9.10 Å². The van der Waals surface area contributed by atoms with Gasteiger partial charge in [0.1, 0.15) is 11.0 Å². The molecule has 0 aliphatic heterocycles.